The smallest absolute Gasteiger partial charge is 0.329 e. The molecule has 8 heteroatoms. The van der Waals surface area contributed by atoms with E-state index >= 15 is 0 Å². The summed E-state index contributed by atoms with van der Waals surface area (Å²) < 4.78 is 6.12. The standard InChI is InChI=1S/C29H42N2O6/c1-17(2)25(30-24(34)11-9-18-8-10-21(32)22(33)15-18)26(35)31-14-6-7-20(31)27(36)37-23-16-19-12-13-29(23,5)28(19,3)4/h8,10,15,17,19-20,23,25,32-33H,6-7,9,11-14,16H2,1-5H3,(H,30,34)/t19?,20-,23?,25-,29?/m0/s1. The number of carbonyl (C=O) groups excluding carboxylic acids is 3. The van der Waals surface area contributed by atoms with Gasteiger partial charge in [-0.25, -0.2) is 4.79 Å². The maximum atomic E-state index is 13.6. The monoisotopic (exact) mass is 514 g/mol. The molecule has 2 amide bonds. The van der Waals surface area contributed by atoms with Gasteiger partial charge in [0.25, 0.3) is 0 Å². The number of nitrogens with one attached hydrogen (secondary N) is 1. The van der Waals surface area contributed by atoms with E-state index in [1.165, 1.54) is 18.6 Å². The molecule has 8 nitrogen and oxygen atoms in total. The maximum Gasteiger partial charge on any atom is 0.329 e. The average molecular weight is 515 g/mol. The number of fused-ring (bicyclic) bond motifs is 2. The molecule has 37 heavy (non-hydrogen) atoms. The fourth-order valence-corrected chi connectivity index (χ4v) is 6.72. The molecule has 3 aliphatic rings. The van der Waals surface area contributed by atoms with E-state index < -0.39 is 12.1 Å². The minimum atomic E-state index is -0.743. The number of carbonyl (C=O) groups is 3. The van der Waals surface area contributed by atoms with Crippen molar-refractivity contribution in [1.82, 2.24) is 10.2 Å². The van der Waals surface area contributed by atoms with Gasteiger partial charge in [-0.15, -0.1) is 0 Å². The lowest BCUT2D eigenvalue weighted by atomic mass is 9.70. The molecule has 1 aliphatic heterocycles. The number of hydrogen-bond donors (Lipinski definition) is 3. The van der Waals surface area contributed by atoms with Crippen LogP contribution in [0.25, 0.3) is 0 Å². The Balaban J connectivity index is 1.37. The molecule has 3 fully saturated rings. The normalized spacial score (nSPS) is 28.9. The lowest BCUT2D eigenvalue weighted by Crippen LogP contribution is -2.54. The van der Waals surface area contributed by atoms with E-state index in [4.69, 9.17) is 4.74 Å². The Bertz CT molecular complexity index is 1050. The third-order valence-electron chi connectivity index (χ3n) is 9.71. The molecule has 2 bridgehead atoms. The van der Waals surface area contributed by atoms with Gasteiger partial charge in [0.2, 0.25) is 11.8 Å². The Morgan fingerprint density at radius 1 is 1.14 bits per heavy atom. The summed E-state index contributed by atoms with van der Waals surface area (Å²) >= 11 is 0. The fourth-order valence-electron chi connectivity index (χ4n) is 6.72. The molecular formula is C29H42N2O6. The largest absolute Gasteiger partial charge is 0.504 e. The van der Waals surface area contributed by atoms with Crippen LogP contribution >= 0.6 is 0 Å². The highest BCUT2D eigenvalue weighted by Crippen LogP contribution is 2.66. The number of phenols is 2. The van der Waals surface area contributed by atoms with Crippen LogP contribution in [0.2, 0.25) is 0 Å². The minimum Gasteiger partial charge on any atom is -0.504 e. The highest BCUT2D eigenvalue weighted by Gasteiger charge is 2.63. The van der Waals surface area contributed by atoms with Crippen molar-refractivity contribution < 1.29 is 29.3 Å². The second-order valence-electron chi connectivity index (χ2n) is 12.3. The first-order chi connectivity index (χ1) is 17.3. The zero-order valence-electron chi connectivity index (χ0n) is 22.8. The van der Waals surface area contributed by atoms with Crippen LogP contribution in [0.3, 0.4) is 0 Å². The molecule has 1 heterocycles. The van der Waals surface area contributed by atoms with Crippen molar-refractivity contribution in [3.8, 4) is 11.5 Å². The molecule has 3 N–H and O–H groups in total. The van der Waals surface area contributed by atoms with Crippen molar-refractivity contribution in [2.24, 2.45) is 22.7 Å². The molecule has 2 aliphatic carbocycles. The molecule has 0 aromatic heterocycles. The van der Waals surface area contributed by atoms with Crippen molar-refractivity contribution >= 4 is 17.8 Å². The van der Waals surface area contributed by atoms with Gasteiger partial charge in [0.15, 0.2) is 11.5 Å². The van der Waals surface area contributed by atoms with Crippen LogP contribution in [0.15, 0.2) is 18.2 Å². The Kier molecular flexibility index (Phi) is 7.50. The van der Waals surface area contributed by atoms with E-state index in [1.54, 1.807) is 11.0 Å². The summed E-state index contributed by atoms with van der Waals surface area (Å²) in [5.41, 5.74) is 0.802. The van der Waals surface area contributed by atoms with Gasteiger partial charge in [-0.1, -0.05) is 40.7 Å². The summed E-state index contributed by atoms with van der Waals surface area (Å²) in [6.07, 6.45) is 4.79. The average Bonchev–Trinajstić information content (AvgIpc) is 3.46. The van der Waals surface area contributed by atoms with E-state index in [2.05, 4.69) is 26.1 Å². The van der Waals surface area contributed by atoms with Crippen LogP contribution in [-0.2, 0) is 25.5 Å². The number of benzene rings is 1. The molecule has 1 saturated heterocycles. The summed E-state index contributed by atoms with van der Waals surface area (Å²) in [5.74, 6) is -0.890. The van der Waals surface area contributed by atoms with Gasteiger partial charge >= 0.3 is 5.97 Å². The van der Waals surface area contributed by atoms with Crippen LogP contribution < -0.4 is 5.32 Å². The van der Waals surface area contributed by atoms with Crippen LogP contribution in [0.1, 0.15) is 78.7 Å². The zero-order valence-corrected chi connectivity index (χ0v) is 22.8. The third kappa shape index (κ3) is 5.04. The molecular weight excluding hydrogens is 472 g/mol. The van der Waals surface area contributed by atoms with E-state index in [-0.39, 0.29) is 58.6 Å². The van der Waals surface area contributed by atoms with E-state index in [1.807, 2.05) is 13.8 Å². The first-order valence-corrected chi connectivity index (χ1v) is 13.7. The van der Waals surface area contributed by atoms with Gasteiger partial charge < -0.3 is 25.2 Å². The minimum absolute atomic E-state index is 0.0382. The van der Waals surface area contributed by atoms with Gasteiger partial charge in [0.05, 0.1) is 0 Å². The van der Waals surface area contributed by atoms with E-state index in [9.17, 15) is 24.6 Å². The number of rotatable bonds is 8. The molecule has 2 saturated carbocycles. The predicted molar refractivity (Wildman–Crippen MR) is 139 cm³/mol. The van der Waals surface area contributed by atoms with Gasteiger partial charge in [-0.2, -0.15) is 0 Å². The Morgan fingerprint density at radius 3 is 2.46 bits per heavy atom. The molecule has 204 valence electrons. The summed E-state index contributed by atoms with van der Waals surface area (Å²) in [7, 11) is 0. The number of aryl methyl sites for hydroxylation is 1. The topological polar surface area (TPSA) is 116 Å². The SMILES string of the molecule is CC(C)[C@H](NC(=O)CCc1ccc(O)c(O)c1)C(=O)N1CCC[C@H]1C(=O)OC1CC2CCC1(C)C2(C)C. The number of hydrogen-bond acceptors (Lipinski definition) is 6. The molecule has 1 aromatic rings. The molecule has 4 rings (SSSR count). The third-order valence-corrected chi connectivity index (χ3v) is 9.71. The van der Waals surface area contributed by atoms with Crippen molar-refractivity contribution in [2.75, 3.05) is 6.54 Å². The fraction of sp³-hybridized carbons (Fsp3) is 0.690. The Labute approximate surface area is 219 Å². The molecule has 5 atom stereocenters. The molecule has 1 aromatic carbocycles. The number of likely N-dealkylation sites (tertiary alicyclic amines) is 1. The number of amides is 2. The van der Waals surface area contributed by atoms with Gasteiger partial charge in [0.1, 0.15) is 18.2 Å². The Morgan fingerprint density at radius 2 is 1.86 bits per heavy atom. The first-order valence-electron chi connectivity index (χ1n) is 13.7. The molecule has 3 unspecified atom stereocenters. The Hall–Kier alpha value is -2.77. The van der Waals surface area contributed by atoms with E-state index in [0.29, 0.717) is 30.9 Å². The summed E-state index contributed by atoms with van der Waals surface area (Å²) in [6, 6.07) is 3.09. The van der Waals surface area contributed by atoms with Gasteiger partial charge in [0, 0.05) is 18.4 Å². The van der Waals surface area contributed by atoms with Crippen molar-refractivity contribution in [1.29, 1.82) is 0 Å². The maximum absolute atomic E-state index is 13.6. The van der Waals surface area contributed by atoms with Gasteiger partial charge in [-0.3, -0.25) is 9.59 Å². The van der Waals surface area contributed by atoms with Crippen LogP contribution in [0.5, 0.6) is 11.5 Å². The highest BCUT2D eigenvalue weighted by molar-refractivity contribution is 5.91. The molecule has 0 radical (unpaired) electrons. The zero-order chi connectivity index (χ0) is 27.1. The summed E-state index contributed by atoms with van der Waals surface area (Å²) in [5, 5.41) is 22.0. The van der Waals surface area contributed by atoms with Crippen LogP contribution in [0.4, 0.5) is 0 Å². The van der Waals surface area contributed by atoms with Gasteiger partial charge in [-0.05, 0) is 73.5 Å². The van der Waals surface area contributed by atoms with E-state index in [0.717, 1.165) is 19.3 Å². The number of nitrogens with zero attached hydrogens (tertiary/aromatic N) is 1. The highest BCUT2D eigenvalue weighted by atomic mass is 16.5. The quantitative estimate of drug-likeness (QED) is 0.358. The van der Waals surface area contributed by atoms with Crippen LogP contribution in [-0.4, -0.2) is 57.6 Å². The second kappa shape index (κ2) is 10.2. The van der Waals surface area contributed by atoms with Crippen molar-refractivity contribution in [3.05, 3.63) is 23.8 Å². The molecule has 0 spiro atoms. The van der Waals surface area contributed by atoms with Crippen LogP contribution in [0, 0.1) is 22.7 Å². The summed E-state index contributed by atoms with van der Waals surface area (Å²) in [6.45, 7) is 11.0. The van der Waals surface area contributed by atoms with Crippen molar-refractivity contribution in [2.45, 2.75) is 97.8 Å². The first kappa shape index (κ1) is 27.3. The number of ether oxygens (including phenoxy) is 1. The lowest BCUT2D eigenvalue weighted by molar-refractivity contribution is -0.165. The summed E-state index contributed by atoms with van der Waals surface area (Å²) in [4.78, 5) is 41.2. The lowest BCUT2D eigenvalue weighted by Gasteiger charge is -2.39. The number of esters is 1. The second-order valence-corrected chi connectivity index (χ2v) is 12.3. The predicted octanol–water partition coefficient (Wildman–Crippen LogP) is 3.92. The number of phenolic OH excluding ortho intramolecular Hbond substituents is 2. The number of aromatic hydroxyl groups is 2. The van der Waals surface area contributed by atoms with Crippen molar-refractivity contribution in [3.63, 3.8) is 0 Å².